The predicted molar refractivity (Wildman–Crippen MR) is 70.4 cm³/mol. The molecule has 0 aliphatic heterocycles. The number of rotatable bonds is 4. The maximum absolute atomic E-state index is 5.39. The summed E-state index contributed by atoms with van der Waals surface area (Å²) in [5.41, 5.74) is 3.04. The van der Waals surface area contributed by atoms with Crippen molar-refractivity contribution in [2.24, 2.45) is 0 Å². The van der Waals surface area contributed by atoms with Gasteiger partial charge in [-0.15, -0.1) is 10.2 Å². The highest BCUT2D eigenvalue weighted by Gasteiger charge is 2.05. The van der Waals surface area contributed by atoms with Crippen LogP contribution < -0.4 is 5.32 Å². The summed E-state index contributed by atoms with van der Waals surface area (Å²) in [5.74, 6) is 1.52. The monoisotopic (exact) mass is 255 g/mol. The van der Waals surface area contributed by atoms with Crippen molar-refractivity contribution in [2.45, 2.75) is 13.5 Å². The molecular formula is C13H13N5O. The van der Waals surface area contributed by atoms with E-state index in [9.17, 15) is 0 Å². The molecule has 0 amide bonds. The van der Waals surface area contributed by atoms with E-state index in [1.165, 1.54) is 0 Å². The molecule has 0 unspecified atom stereocenters. The van der Waals surface area contributed by atoms with Crippen LogP contribution in [-0.2, 0) is 6.54 Å². The number of nitrogens with zero attached hydrogens (tertiary/aromatic N) is 3. The van der Waals surface area contributed by atoms with E-state index >= 15 is 0 Å². The van der Waals surface area contributed by atoms with Gasteiger partial charge in [0.25, 0.3) is 0 Å². The summed E-state index contributed by atoms with van der Waals surface area (Å²) < 4.78 is 5.39. The predicted octanol–water partition coefficient (Wildman–Crippen LogP) is 2.38. The van der Waals surface area contributed by atoms with E-state index in [-0.39, 0.29) is 0 Å². The van der Waals surface area contributed by atoms with Crippen LogP contribution in [0.4, 0.5) is 5.69 Å². The van der Waals surface area contributed by atoms with Gasteiger partial charge in [-0.3, -0.25) is 0 Å². The third-order valence-corrected chi connectivity index (χ3v) is 2.89. The number of hydrogen-bond donors (Lipinski definition) is 2. The van der Waals surface area contributed by atoms with Gasteiger partial charge in [0.05, 0.1) is 12.8 Å². The van der Waals surface area contributed by atoms with E-state index in [1.807, 2.05) is 37.3 Å². The Morgan fingerprint density at radius 3 is 3.00 bits per heavy atom. The normalized spacial score (nSPS) is 10.6. The van der Waals surface area contributed by atoms with Crippen molar-refractivity contribution in [1.29, 1.82) is 0 Å². The molecule has 0 aliphatic rings. The minimum atomic E-state index is 0.581. The molecule has 0 bridgehead atoms. The first-order valence-electron chi connectivity index (χ1n) is 5.93. The number of furan rings is 1. The van der Waals surface area contributed by atoms with Crippen LogP contribution >= 0.6 is 0 Å². The molecule has 2 aromatic heterocycles. The van der Waals surface area contributed by atoms with E-state index < -0.39 is 0 Å². The van der Waals surface area contributed by atoms with E-state index in [2.05, 4.69) is 25.9 Å². The molecule has 6 heteroatoms. The maximum Gasteiger partial charge on any atom is 0.204 e. The second kappa shape index (κ2) is 4.93. The van der Waals surface area contributed by atoms with Gasteiger partial charge >= 0.3 is 0 Å². The molecule has 19 heavy (non-hydrogen) atoms. The topological polar surface area (TPSA) is 79.6 Å². The first-order chi connectivity index (χ1) is 9.33. The highest BCUT2D eigenvalue weighted by Crippen LogP contribution is 2.19. The molecule has 96 valence electrons. The van der Waals surface area contributed by atoms with Crippen LogP contribution in [0, 0.1) is 6.92 Å². The van der Waals surface area contributed by atoms with Crippen molar-refractivity contribution in [1.82, 2.24) is 20.6 Å². The number of benzene rings is 1. The average Bonchev–Trinajstić information content (AvgIpc) is 3.08. The summed E-state index contributed by atoms with van der Waals surface area (Å²) in [6, 6.07) is 9.80. The number of tetrazole rings is 1. The summed E-state index contributed by atoms with van der Waals surface area (Å²) in [7, 11) is 0. The molecule has 0 aliphatic carbocycles. The Bertz CT molecular complexity index is 659. The summed E-state index contributed by atoms with van der Waals surface area (Å²) >= 11 is 0. The molecule has 0 fully saturated rings. The fraction of sp³-hybridized carbons (Fsp3) is 0.154. The van der Waals surface area contributed by atoms with Gasteiger partial charge in [0.2, 0.25) is 5.82 Å². The largest absolute Gasteiger partial charge is 0.467 e. The van der Waals surface area contributed by atoms with Crippen molar-refractivity contribution >= 4 is 5.69 Å². The number of aryl methyl sites for hydroxylation is 1. The highest BCUT2D eigenvalue weighted by molar-refractivity contribution is 5.61. The Balaban J connectivity index is 1.75. The Labute approximate surface area is 109 Å². The lowest BCUT2D eigenvalue weighted by atomic mass is 10.2. The summed E-state index contributed by atoms with van der Waals surface area (Å²) in [4.78, 5) is 0. The molecule has 0 saturated heterocycles. The number of aromatic amines is 1. The van der Waals surface area contributed by atoms with Gasteiger partial charge in [0, 0.05) is 11.3 Å². The zero-order valence-electron chi connectivity index (χ0n) is 10.4. The zero-order valence-corrected chi connectivity index (χ0v) is 10.4. The molecule has 3 rings (SSSR count). The Hall–Kier alpha value is -2.63. The molecule has 1 aromatic carbocycles. The van der Waals surface area contributed by atoms with E-state index in [0.717, 1.165) is 22.6 Å². The van der Waals surface area contributed by atoms with Gasteiger partial charge in [-0.2, -0.15) is 5.21 Å². The van der Waals surface area contributed by atoms with Crippen LogP contribution in [0.15, 0.2) is 41.0 Å². The van der Waals surface area contributed by atoms with Crippen LogP contribution in [-0.4, -0.2) is 20.6 Å². The summed E-state index contributed by atoms with van der Waals surface area (Å²) in [6.07, 6.45) is 1.70. The third kappa shape index (κ3) is 2.47. The lowest BCUT2D eigenvalue weighted by molar-refractivity contribution is 0.515. The van der Waals surface area contributed by atoms with Gasteiger partial charge in [0.15, 0.2) is 0 Å². The Morgan fingerprint density at radius 2 is 2.26 bits per heavy atom. The first-order valence-corrected chi connectivity index (χ1v) is 5.93. The number of aromatic nitrogens is 4. The lowest BCUT2D eigenvalue weighted by Gasteiger charge is -2.06. The molecule has 6 nitrogen and oxygen atoms in total. The van der Waals surface area contributed by atoms with E-state index in [0.29, 0.717) is 12.4 Å². The maximum atomic E-state index is 5.39. The van der Waals surface area contributed by atoms with Crippen LogP contribution in [0.2, 0.25) is 0 Å². The quantitative estimate of drug-likeness (QED) is 0.748. The molecule has 0 radical (unpaired) electrons. The van der Waals surface area contributed by atoms with Gasteiger partial charge < -0.3 is 9.73 Å². The zero-order chi connectivity index (χ0) is 13.1. The summed E-state index contributed by atoms with van der Waals surface area (Å²) in [6.45, 7) is 2.67. The smallest absolute Gasteiger partial charge is 0.204 e. The molecule has 3 aromatic rings. The molecule has 0 spiro atoms. The first kappa shape index (κ1) is 11.5. The molecule has 2 N–H and O–H groups in total. The van der Waals surface area contributed by atoms with Crippen molar-refractivity contribution in [2.75, 3.05) is 5.32 Å². The minimum absolute atomic E-state index is 0.581. The van der Waals surface area contributed by atoms with E-state index in [1.54, 1.807) is 6.26 Å². The van der Waals surface area contributed by atoms with Gasteiger partial charge in [-0.05, 0) is 35.9 Å². The average molecular weight is 255 g/mol. The standard InChI is InChI=1S/C13H13N5O/c1-9-5-6-19-12(9)8-14-11-4-2-3-10(7-11)13-15-17-18-16-13/h2-7,14H,8H2,1H3,(H,15,16,17,18). The van der Waals surface area contributed by atoms with Crippen molar-refractivity contribution in [3.8, 4) is 11.4 Å². The fourth-order valence-corrected chi connectivity index (χ4v) is 1.82. The second-order valence-electron chi connectivity index (χ2n) is 4.20. The number of hydrogen-bond acceptors (Lipinski definition) is 5. The molecule has 0 atom stereocenters. The van der Waals surface area contributed by atoms with Crippen LogP contribution in [0.5, 0.6) is 0 Å². The second-order valence-corrected chi connectivity index (χ2v) is 4.20. The summed E-state index contributed by atoms with van der Waals surface area (Å²) in [5, 5.41) is 17.2. The van der Waals surface area contributed by atoms with Crippen LogP contribution in [0.3, 0.4) is 0 Å². The molecule has 2 heterocycles. The van der Waals surface area contributed by atoms with Gasteiger partial charge in [-0.25, -0.2) is 0 Å². The van der Waals surface area contributed by atoms with Crippen molar-refractivity contribution in [3.05, 3.63) is 47.9 Å². The SMILES string of the molecule is Cc1ccoc1CNc1cccc(-c2nn[nH]n2)c1. The van der Waals surface area contributed by atoms with Crippen LogP contribution in [0.25, 0.3) is 11.4 Å². The Morgan fingerprint density at radius 1 is 1.32 bits per heavy atom. The highest BCUT2D eigenvalue weighted by atomic mass is 16.3. The fourth-order valence-electron chi connectivity index (χ4n) is 1.82. The minimum Gasteiger partial charge on any atom is -0.467 e. The van der Waals surface area contributed by atoms with E-state index in [4.69, 9.17) is 4.42 Å². The number of anilines is 1. The molecule has 0 saturated carbocycles. The van der Waals surface area contributed by atoms with Crippen molar-refractivity contribution in [3.63, 3.8) is 0 Å². The number of H-pyrrole nitrogens is 1. The van der Waals surface area contributed by atoms with Gasteiger partial charge in [0.1, 0.15) is 5.76 Å². The third-order valence-electron chi connectivity index (χ3n) is 2.89. The van der Waals surface area contributed by atoms with Gasteiger partial charge in [-0.1, -0.05) is 12.1 Å². The lowest BCUT2D eigenvalue weighted by Crippen LogP contribution is -1.99. The number of nitrogens with one attached hydrogen (secondary N) is 2. The Kier molecular flexibility index (Phi) is 2.97. The van der Waals surface area contributed by atoms with Crippen molar-refractivity contribution < 1.29 is 4.42 Å². The molecular weight excluding hydrogens is 242 g/mol. The van der Waals surface area contributed by atoms with Crippen LogP contribution in [0.1, 0.15) is 11.3 Å².